The Morgan fingerprint density at radius 1 is 0.889 bits per heavy atom. The standard InChI is InChI=1S/C26H34BBrN2O6/c1-19(31)29-15-17-33-22-9-5-20(6-10-22)27-35-25(2,3)26(4,36-27)14-13-24(32)30-16-18-34-23-11-7-21(28)8-12-23/h5-12H,13-18H2,1-4H3,(H,29,31)(H,30,32). The van der Waals surface area contributed by atoms with Gasteiger partial charge in [-0.25, -0.2) is 0 Å². The molecule has 0 aliphatic carbocycles. The van der Waals surface area contributed by atoms with E-state index >= 15 is 0 Å². The Balaban J connectivity index is 1.44. The molecule has 2 aromatic rings. The second kappa shape index (κ2) is 12.6. The van der Waals surface area contributed by atoms with Crippen LogP contribution in [0.4, 0.5) is 0 Å². The summed E-state index contributed by atoms with van der Waals surface area (Å²) in [5.74, 6) is 1.32. The second-order valence-electron chi connectivity index (χ2n) is 9.36. The van der Waals surface area contributed by atoms with Crippen molar-refractivity contribution >= 4 is 40.3 Å². The Labute approximate surface area is 221 Å². The molecular formula is C26H34BBrN2O6. The third-order valence-electron chi connectivity index (χ3n) is 6.28. The van der Waals surface area contributed by atoms with Crippen molar-refractivity contribution in [3.63, 3.8) is 0 Å². The minimum atomic E-state index is -0.642. The van der Waals surface area contributed by atoms with Gasteiger partial charge in [0.2, 0.25) is 11.8 Å². The fourth-order valence-corrected chi connectivity index (χ4v) is 4.00. The number of carbonyl (C=O) groups is 2. The van der Waals surface area contributed by atoms with Crippen LogP contribution in [-0.4, -0.2) is 56.4 Å². The number of hydrogen-bond acceptors (Lipinski definition) is 6. The molecule has 3 rings (SSSR count). The van der Waals surface area contributed by atoms with Crippen LogP contribution < -0.4 is 25.6 Å². The van der Waals surface area contributed by atoms with Crippen molar-refractivity contribution in [2.45, 2.75) is 51.7 Å². The number of amides is 2. The van der Waals surface area contributed by atoms with Crippen LogP contribution in [0.3, 0.4) is 0 Å². The van der Waals surface area contributed by atoms with Crippen LogP contribution in [-0.2, 0) is 18.9 Å². The summed E-state index contributed by atoms with van der Waals surface area (Å²) in [6.45, 7) is 9.07. The van der Waals surface area contributed by atoms with E-state index in [2.05, 4.69) is 26.6 Å². The lowest BCUT2D eigenvalue weighted by atomic mass is 9.79. The van der Waals surface area contributed by atoms with E-state index in [-0.39, 0.29) is 11.8 Å². The highest BCUT2D eigenvalue weighted by Gasteiger charge is 2.54. The van der Waals surface area contributed by atoms with Crippen LogP contribution >= 0.6 is 15.9 Å². The lowest BCUT2D eigenvalue weighted by Gasteiger charge is -2.36. The molecule has 0 aromatic heterocycles. The van der Waals surface area contributed by atoms with Gasteiger partial charge in [-0.2, -0.15) is 0 Å². The fraction of sp³-hybridized carbons (Fsp3) is 0.462. The van der Waals surface area contributed by atoms with E-state index in [1.165, 1.54) is 6.92 Å². The van der Waals surface area contributed by atoms with Crippen molar-refractivity contribution in [1.29, 1.82) is 0 Å². The quantitative estimate of drug-likeness (QED) is 0.306. The van der Waals surface area contributed by atoms with Gasteiger partial charge in [0, 0.05) is 17.8 Å². The summed E-state index contributed by atoms with van der Waals surface area (Å²) in [5, 5.41) is 5.59. The molecule has 1 unspecified atom stereocenters. The molecule has 2 N–H and O–H groups in total. The molecule has 1 aliphatic heterocycles. The summed E-state index contributed by atoms with van der Waals surface area (Å²) >= 11 is 3.39. The second-order valence-corrected chi connectivity index (χ2v) is 10.3. The minimum absolute atomic E-state index is 0.0563. The van der Waals surface area contributed by atoms with E-state index < -0.39 is 18.3 Å². The normalized spacial score (nSPS) is 18.5. The lowest BCUT2D eigenvalue weighted by molar-refractivity contribution is -0.123. The van der Waals surface area contributed by atoms with Crippen LogP contribution in [0.25, 0.3) is 0 Å². The van der Waals surface area contributed by atoms with Crippen molar-refractivity contribution in [3.8, 4) is 11.5 Å². The predicted molar refractivity (Wildman–Crippen MR) is 143 cm³/mol. The number of halogens is 1. The molecule has 8 nitrogen and oxygen atoms in total. The highest BCUT2D eigenvalue weighted by molar-refractivity contribution is 9.10. The highest BCUT2D eigenvalue weighted by Crippen LogP contribution is 2.40. The maximum atomic E-state index is 12.4. The topological polar surface area (TPSA) is 95.1 Å². The van der Waals surface area contributed by atoms with Crippen LogP contribution in [0, 0.1) is 0 Å². The largest absolute Gasteiger partial charge is 0.494 e. The summed E-state index contributed by atoms with van der Waals surface area (Å²) in [6, 6.07) is 15.1. The third-order valence-corrected chi connectivity index (χ3v) is 6.80. The first-order chi connectivity index (χ1) is 17.1. The molecule has 2 aromatic carbocycles. The molecule has 10 heteroatoms. The van der Waals surface area contributed by atoms with Crippen molar-refractivity contribution in [3.05, 3.63) is 53.0 Å². The SMILES string of the molecule is CC(=O)NCCOc1ccc(B2OC(C)(C)C(C)(CCC(=O)NCCOc3ccc(Br)cc3)O2)cc1. The van der Waals surface area contributed by atoms with Crippen LogP contribution in [0.15, 0.2) is 53.0 Å². The molecule has 1 saturated heterocycles. The Morgan fingerprint density at radius 3 is 2.03 bits per heavy atom. The first-order valence-corrected chi connectivity index (χ1v) is 12.9. The Bertz CT molecular complexity index is 1020. The molecule has 0 radical (unpaired) electrons. The van der Waals surface area contributed by atoms with Crippen LogP contribution in [0.2, 0.25) is 0 Å². The highest BCUT2D eigenvalue weighted by atomic mass is 79.9. The number of nitrogens with one attached hydrogen (secondary N) is 2. The average Bonchev–Trinajstić information content (AvgIpc) is 3.08. The first kappa shape index (κ1) is 28.0. The van der Waals surface area contributed by atoms with E-state index in [1.807, 2.05) is 69.3 Å². The van der Waals surface area contributed by atoms with Crippen LogP contribution in [0.1, 0.15) is 40.5 Å². The number of hydrogen-bond donors (Lipinski definition) is 2. The van der Waals surface area contributed by atoms with Crippen molar-refractivity contribution in [2.24, 2.45) is 0 Å². The smallest absolute Gasteiger partial charge is 0.492 e. The maximum Gasteiger partial charge on any atom is 0.494 e. The van der Waals surface area contributed by atoms with Gasteiger partial charge in [-0.1, -0.05) is 28.1 Å². The van der Waals surface area contributed by atoms with Crippen LogP contribution in [0.5, 0.6) is 11.5 Å². The van der Waals surface area contributed by atoms with E-state index in [0.717, 1.165) is 15.7 Å². The van der Waals surface area contributed by atoms with Gasteiger partial charge in [0.1, 0.15) is 24.7 Å². The molecule has 2 amide bonds. The number of rotatable bonds is 12. The van der Waals surface area contributed by atoms with Gasteiger partial charge in [-0.15, -0.1) is 0 Å². The molecule has 0 spiro atoms. The molecule has 1 atom stereocenters. The van der Waals surface area contributed by atoms with E-state index in [1.54, 1.807) is 0 Å². The number of benzene rings is 2. The molecule has 0 bridgehead atoms. The summed E-state index contributed by atoms with van der Waals surface area (Å²) in [6.07, 6.45) is 0.829. The number of ether oxygens (including phenoxy) is 2. The Hall–Kier alpha value is -2.56. The zero-order valence-electron chi connectivity index (χ0n) is 21.3. The predicted octanol–water partition coefficient (Wildman–Crippen LogP) is 3.22. The van der Waals surface area contributed by atoms with Gasteiger partial charge in [0.15, 0.2) is 0 Å². The zero-order valence-corrected chi connectivity index (χ0v) is 22.9. The van der Waals surface area contributed by atoms with Gasteiger partial charge < -0.3 is 29.4 Å². The van der Waals surface area contributed by atoms with Crippen molar-refractivity contribution < 1.29 is 28.4 Å². The summed E-state index contributed by atoms with van der Waals surface area (Å²) < 4.78 is 24.8. The summed E-state index contributed by atoms with van der Waals surface area (Å²) in [5.41, 5.74) is -0.359. The Kier molecular flexibility index (Phi) is 9.81. The van der Waals surface area contributed by atoms with Gasteiger partial charge in [-0.05, 0) is 69.1 Å². The molecule has 0 saturated carbocycles. The Morgan fingerprint density at radius 2 is 1.44 bits per heavy atom. The molecular weight excluding hydrogens is 527 g/mol. The van der Waals surface area contributed by atoms with E-state index in [4.69, 9.17) is 18.8 Å². The lowest BCUT2D eigenvalue weighted by Crippen LogP contribution is -2.45. The molecule has 1 heterocycles. The first-order valence-electron chi connectivity index (χ1n) is 12.1. The third kappa shape index (κ3) is 7.98. The van der Waals surface area contributed by atoms with Crippen molar-refractivity contribution in [1.82, 2.24) is 10.6 Å². The fourth-order valence-electron chi connectivity index (χ4n) is 3.74. The van der Waals surface area contributed by atoms with E-state index in [9.17, 15) is 9.59 Å². The zero-order chi connectivity index (χ0) is 26.2. The van der Waals surface area contributed by atoms with Gasteiger partial charge in [0.25, 0.3) is 0 Å². The monoisotopic (exact) mass is 560 g/mol. The molecule has 36 heavy (non-hydrogen) atoms. The molecule has 194 valence electrons. The summed E-state index contributed by atoms with van der Waals surface area (Å²) in [7, 11) is -0.541. The maximum absolute atomic E-state index is 12.4. The van der Waals surface area contributed by atoms with E-state index in [0.29, 0.717) is 44.9 Å². The minimum Gasteiger partial charge on any atom is -0.492 e. The summed E-state index contributed by atoms with van der Waals surface area (Å²) in [4.78, 5) is 23.4. The number of carbonyl (C=O) groups excluding carboxylic acids is 2. The van der Waals surface area contributed by atoms with Gasteiger partial charge in [0.05, 0.1) is 24.3 Å². The van der Waals surface area contributed by atoms with Crippen molar-refractivity contribution in [2.75, 3.05) is 26.3 Å². The van der Waals surface area contributed by atoms with Gasteiger partial charge >= 0.3 is 7.12 Å². The molecule has 1 aliphatic rings. The molecule has 1 fully saturated rings. The average molecular weight is 561 g/mol. The van der Waals surface area contributed by atoms with Gasteiger partial charge in [-0.3, -0.25) is 9.59 Å².